The minimum absolute atomic E-state index is 0.140. The summed E-state index contributed by atoms with van der Waals surface area (Å²) in [6.45, 7) is 5.93. The number of hydrogen-bond acceptors (Lipinski definition) is 6. The molecule has 0 aliphatic carbocycles. The van der Waals surface area contributed by atoms with Crippen molar-refractivity contribution in [1.29, 1.82) is 0 Å². The summed E-state index contributed by atoms with van der Waals surface area (Å²) in [6, 6.07) is 3.01. The average molecular weight is 377 g/mol. The van der Waals surface area contributed by atoms with Gasteiger partial charge in [-0.15, -0.1) is 0 Å². The van der Waals surface area contributed by atoms with E-state index in [1.165, 1.54) is 12.1 Å². The monoisotopic (exact) mass is 377 g/mol. The fraction of sp³-hybridized carbons (Fsp3) is 0.444. The Bertz CT molecular complexity index is 774. The van der Waals surface area contributed by atoms with E-state index >= 15 is 0 Å². The zero-order valence-corrected chi connectivity index (χ0v) is 15.5. The van der Waals surface area contributed by atoms with E-state index in [1.807, 2.05) is 13.8 Å². The Morgan fingerprint density at radius 1 is 1.26 bits per heavy atom. The zero-order valence-electron chi connectivity index (χ0n) is 15.5. The van der Waals surface area contributed by atoms with Crippen LogP contribution in [0.25, 0.3) is 0 Å². The second-order valence-electron chi connectivity index (χ2n) is 6.04. The molecule has 0 aromatic heterocycles. The third-order valence-corrected chi connectivity index (χ3v) is 3.90. The Morgan fingerprint density at radius 2 is 1.96 bits per heavy atom. The molecule has 1 aliphatic rings. The molecule has 1 atom stereocenters. The summed E-state index contributed by atoms with van der Waals surface area (Å²) in [6.07, 6.45) is 1.36. The van der Waals surface area contributed by atoms with Gasteiger partial charge in [0.25, 0.3) is 0 Å². The van der Waals surface area contributed by atoms with Crippen LogP contribution in [0.1, 0.15) is 45.2 Å². The molecule has 0 saturated carbocycles. The van der Waals surface area contributed by atoms with Crippen molar-refractivity contribution in [1.82, 2.24) is 10.6 Å². The number of urea groups is 1. The molecule has 2 rings (SSSR count). The lowest BCUT2D eigenvalue weighted by Gasteiger charge is -2.28. The highest BCUT2D eigenvalue weighted by atomic mass is 16.6. The number of nitro groups is 1. The van der Waals surface area contributed by atoms with Gasteiger partial charge in [-0.2, -0.15) is 0 Å². The van der Waals surface area contributed by atoms with Gasteiger partial charge in [0.15, 0.2) is 5.75 Å². The number of rotatable bonds is 8. The number of nitrogens with zero attached hydrogens (tertiary/aromatic N) is 1. The average Bonchev–Trinajstić information content (AvgIpc) is 2.63. The van der Waals surface area contributed by atoms with Crippen LogP contribution in [0.4, 0.5) is 10.5 Å². The number of esters is 1. The molecule has 1 aliphatic heterocycles. The number of carbonyl (C=O) groups is 2. The molecule has 0 spiro atoms. The molecule has 0 saturated heterocycles. The molecule has 1 heterocycles. The van der Waals surface area contributed by atoms with Crippen LogP contribution < -0.4 is 15.4 Å². The van der Waals surface area contributed by atoms with Crippen LogP contribution in [0.5, 0.6) is 5.75 Å². The van der Waals surface area contributed by atoms with Crippen LogP contribution in [0.15, 0.2) is 29.5 Å². The van der Waals surface area contributed by atoms with Gasteiger partial charge in [0, 0.05) is 11.8 Å². The molecule has 9 heteroatoms. The van der Waals surface area contributed by atoms with Crippen molar-refractivity contribution < 1.29 is 24.0 Å². The summed E-state index contributed by atoms with van der Waals surface area (Å²) in [7, 11) is 0. The van der Waals surface area contributed by atoms with Crippen LogP contribution in [-0.4, -0.2) is 30.1 Å². The van der Waals surface area contributed by atoms with E-state index in [9.17, 15) is 19.7 Å². The Hall–Kier alpha value is -3.10. The SMILES string of the molecule is CCCOC(=O)C1=C(C)NC(=O)NC1c1ccc(OCCC)c([N+](=O)[O-])c1. The summed E-state index contributed by atoms with van der Waals surface area (Å²) < 4.78 is 10.6. The smallest absolute Gasteiger partial charge is 0.338 e. The van der Waals surface area contributed by atoms with Crippen LogP contribution in [0, 0.1) is 10.1 Å². The molecular weight excluding hydrogens is 354 g/mol. The molecule has 1 aromatic carbocycles. The molecule has 1 unspecified atom stereocenters. The first-order chi connectivity index (χ1) is 12.9. The van der Waals surface area contributed by atoms with Crippen LogP contribution in [-0.2, 0) is 9.53 Å². The van der Waals surface area contributed by atoms with Gasteiger partial charge in [-0.05, 0) is 31.4 Å². The Labute approximate surface area is 156 Å². The maximum atomic E-state index is 12.5. The number of hydrogen-bond donors (Lipinski definition) is 2. The highest BCUT2D eigenvalue weighted by Gasteiger charge is 2.33. The third-order valence-electron chi connectivity index (χ3n) is 3.90. The fourth-order valence-corrected chi connectivity index (χ4v) is 2.68. The zero-order chi connectivity index (χ0) is 20.0. The van der Waals surface area contributed by atoms with Gasteiger partial charge in [0.1, 0.15) is 0 Å². The van der Waals surface area contributed by atoms with Crippen molar-refractivity contribution in [3.05, 3.63) is 45.1 Å². The van der Waals surface area contributed by atoms with Gasteiger partial charge in [-0.1, -0.05) is 19.9 Å². The van der Waals surface area contributed by atoms with Gasteiger partial charge in [-0.25, -0.2) is 9.59 Å². The van der Waals surface area contributed by atoms with Crippen molar-refractivity contribution in [3.8, 4) is 5.75 Å². The highest BCUT2D eigenvalue weighted by Crippen LogP contribution is 2.34. The minimum Gasteiger partial charge on any atom is -0.487 e. The van der Waals surface area contributed by atoms with Crippen LogP contribution in [0.2, 0.25) is 0 Å². The maximum Gasteiger partial charge on any atom is 0.338 e. The summed E-state index contributed by atoms with van der Waals surface area (Å²) >= 11 is 0. The lowest BCUT2D eigenvalue weighted by Crippen LogP contribution is -2.45. The second-order valence-corrected chi connectivity index (χ2v) is 6.04. The van der Waals surface area contributed by atoms with Gasteiger partial charge in [-0.3, -0.25) is 10.1 Å². The second kappa shape index (κ2) is 9.02. The number of carbonyl (C=O) groups excluding carboxylic acids is 2. The van der Waals surface area contributed by atoms with Crippen molar-refractivity contribution in [2.45, 2.75) is 39.7 Å². The maximum absolute atomic E-state index is 12.5. The van der Waals surface area contributed by atoms with E-state index in [2.05, 4.69) is 10.6 Å². The molecule has 2 N–H and O–H groups in total. The molecular formula is C18H23N3O6. The molecule has 0 radical (unpaired) electrons. The van der Waals surface area contributed by atoms with Crippen LogP contribution in [0.3, 0.4) is 0 Å². The van der Waals surface area contributed by atoms with Gasteiger partial charge in [0.05, 0.1) is 29.8 Å². The van der Waals surface area contributed by atoms with E-state index in [1.54, 1.807) is 13.0 Å². The van der Waals surface area contributed by atoms with Crippen LogP contribution >= 0.6 is 0 Å². The first-order valence-electron chi connectivity index (χ1n) is 8.75. The van der Waals surface area contributed by atoms with E-state index in [4.69, 9.17) is 9.47 Å². The Kier molecular flexibility index (Phi) is 6.75. The normalized spacial score (nSPS) is 16.4. The van der Waals surface area contributed by atoms with Crippen molar-refractivity contribution in [2.75, 3.05) is 13.2 Å². The Balaban J connectivity index is 2.44. The quantitative estimate of drug-likeness (QED) is 0.408. The number of benzene rings is 1. The largest absolute Gasteiger partial charge is 0.487 e. The van der Waals surface area contributed by atoms with Crippen molar-refractivity contribution in [3.63, 3.8) is 0 Å². The third kappa shape index (κ3) is 4.75. The number of allylic oxidation sites excluding steroid dienone is 1. The number of nitrogens with one attached hydrogen (secondary N) is 2. The Morgan fingerprint density at radius 3 is 2.59 bits per heavy atom. The van der Waals surface area contributed by atoms with E-state index in [0.29, 0.717) is 30.7 Å². The van der Waals surface area contributed by atoms with E-state index in [0.717, 1.165) is 0 Å². The molecule has 0 fully saturated rings. The number of ether oxygens (including phenoxy) is 2. The minimum atomic E-state index is -0.859. The number of amides is 2. The molecule has 0 bridgehead atoms. The molecule has 9 nitrogen and oxygen atoms in total. The first kappa shape index (κ1) is 20.2. The summed E-state index contributed by atoms with van der Waals surface area (Å²) in [5.74, 6) is -0.442. The van der Waals surface area contributed by atoms with E-state index < -0.39 is 23.0 Å². The van der Waals surface area contributed by atoms with Gasteiger partial charge >= 0.3 is 17.7 Å². The first-order valence-corrected chi connectivity index (χ1v) is 8.75. The summed E-state index contributed by atoms with van der Waals surface area (Å²) in [5, 5.41) is 16.6. The highest BCUT2D eigenvalue weighted by molar-refractivity contribution is 5.95. The predicted octanol–water partition coefficient (Wildman–Crippen LogP) is 2.96. The van der Waals surface area contributed by atoms with E-state index in [-0.39, 0.29) is 23.6 Å². The standard InChI is InChI=1S/C18H23N3O6/c1-4-8-26-14-7-6-12(10-13(14)21(24)25)16-15(17(22)27-9-5-2)11(3)19-18(23)20-16/h6-7,10,16H,4-5,8-9H2,1-3H3,(H2,19,20,23). The van der Waals surface area contributed by atoms with Gasteiger partial charge < -0.3 is 20.1 Å². The molecule has 2 amide bonds. The lowest BCUT2D eigenvalue weighted by molar-refractivity contribution is -0.385. The fourth-order valence-electron chi connectivity index (χ4n) is 2.68. The van der Waals surface area contributed by atoms with Crippen molar-refractivity contribution in [2.24, 2.45) is 0 Å². The van der Waals surface area contributed by atoms with Crippen molar-refractivity contribution >= 4 is 17.7 Å². The molecule has 146 valence electrons. The molecule has 1 aromatic rings. The lowest BCUT2D eigenvalue weighted by atomic mass is 9.95. The van der Waals surface area contributed by atoms with Gasteiger partial charge in [0.2, 0.25) is 0 Å². The summed E-state index contributed by atoms with van der Waals surface area (Å²) in [5.41, 5.74) is 0.717. The molecule has 27 heavy (non-hydrogen) atoms. The number of nitro benzene ring substituents is 1. The predicted molar refractivity (Wildman–Crippen MR) is 97.2 cm³/mol. The summed E-state index contributed by atoms with van der Waals surface area (Å²) in [4.78, 5) is 35.2. The topological polar surface area (TPSA) is 120 Å².